The van der Waals surface area contributed by atoms with Gasteiger partial charge < -0.3 is 20.4 Å². The molecule has 7 nitrogen and oxygen atoms in total. The van der Waals surface area contributed by atoms with E-state index < -0.39 is 18.0 Å². The number of nitrogens with one attached hydrogen (secondary N) is 3. The zero-order valence-electron chi connectivity index (χ0n) is 14.5. The number of halogens is 3. The Labute approximate surface area is 157 Å². The Bertz CT molecular complexity index is 911. The van der Waals surface area contributed by atoms with Crippen LogP contribution in [-0.2, 0) is 4.79 Å². The van der Waals surface area contributed by atoms with Crippen molar-refractivity contribution in [3.8, 4) is 11.3 Å². The van der Waals surface area contributed by atoms with Crippen molar-refractivity contribution in [2.75, 3.05) is 11.9 Å². The number of para-hydroxylation sites is 1. The van der Waals surface area contributed by atoms with Crippen molar-refractivity contribution in [3.05, 3.63) is 36.4 Å². The number of aromatic nitrogens is 1. The lowest BCUT2D eigenvalue weighted by Crippen LogP contribution is -2.48. The van der Waals surface area contributed by atoms with Crippen LogP contribution in [0.2, 0.25) is 0 Å². The number of hydrogen-bond acceptors (Lipinski definition) is 5. The van der Waals surface area contributed by atoms with Gasteiger partial charge in [-0.3, -0.25) is 9.59 Å². The van der Waals surface area contributed by atoms with Crippen LogP contribution in [0.1, 0.15) is 23.5 Å². The molecule has 1 saturated carbocycles. The highest BCUT2D eigenvalue weighted by Gasteiger charge is 2.41. The van der Waals surface area contributed by atoms with E-state index in [1.807, 2.05) is 0 Å². The molecule has 3 atom stereocenters. The van der Waals surface area contributed by atoms with E-state index in [0.29, 0.717) is 5.92 Å². The van der Waals surface area contributed by atoms with Gasteiger partial charge in [0.2, 0.25) is 0 Å². The Morgan fingerprint density at radius 3 is 2.68 bits per heavy atom. The summed E-state index contributed by atoms with van der Waals surface area (Å²) in [4.78, 5) is 27.6. The summed E-state index contributed by atoms with van der Waals surface area (Å²) in [6.45, 7) is 0.959. The summed E-state index contributed by atoms with van der Waals surface area (Å²) >= 11 is 0. The maximum Gasteiger partial charge on any atom is 0.471 e. The number of rotatable bonds is 4. The van der Waals surface area contributed by atoms with Gasteiger partial charge in [0.15, 0.2) is 5.76 Å². The summed E-state index contributed by atoms with van der Waals surface area (Å²) < 4.78 is 43.0. The van der Waals surface area contributed by atoms with Crippen molar-refractivity contribution in [2.24, 2.45) is 5.92 Å². The van der Waals surface area contributed by atoms with Crippen LogP contribution < -0.4 is 16.0 Å². The number of benzene rings is 1. The number of fused-ring (bicyclic) bond motifs is 2. The zero-order valence-corrected chi connectivity index (χ0v) is 14.5. The summed E-state index contributed by atoms with van der Waals surface area (Å²) in [5.41, 5.74) is 0.0958. The van der Waals surface area contributed by atoms with Crippen LogP contribution in [0.15, 0.2) is 34.9 Å². The van der Waals surface area contributed by atoms with Crippen molar-refractivity contribution in [1.29, 1.82) is 0 Å². The summed E-state index contributed by atoms with van der Waals surface area (Å²) in [7, 11) is 0. The third-order valence-corrected chi connectivity index (χ3v) is 5.04. The standard InChI is InChI=1S/C18H17F3N4O3/c19-18(20,21)17(27)25-11-4-2-1-3-10(11)14-8-23-16(28-14)15(26)24-13-6-9-5-12(13)22-7-9/h1-4,8-9,12-13,22H,5-7H2,(H,24,26)(H,25,27). The van der Waals surface area contributed by atoms with Crippen molar-refractivity contribution in [1.82, 2.24) is 15.6 Å². The molecular weight excluding hydrogens is 377 g/mol. The largest absolute Gasteiger partial charge is 0.471 e. The topological polar surface area (TPSA) is 96.3 Å². The molecule has 2 amide bonds. The molecular formula is C18H17F3N4O3. The van der Waals surface area contributed by atoms with Gasteiger partial charge in [-0.25, -0.2) is 4.98 Å². The Balaban J connectivity index is 1.50. The van der Waals surface area contributed by atoms with Gasteiger partial charge in [-0.1, -0.05) is 12.1 Å². The maximum absolute atomic E-state index is 12.5. The van der Waals surface area contributed by atoms with Crippen molar-refractivity contribution in [3.63, 3.8) is 0 Å². The number of anilines is 1. The third kappa shape index (κ3) is 3.59. The molecule has 28 heavy (non-hydrogen) atoms. The lowest BCUT2D eigenvalue weighted by Gasteiger charge is -2.23. The molecule has 1 aromatic carbocycles. The van der Waals surface area contributed by atoms with E-state index in [1.165, 1.54) is 24.4 Å². The van der Waals surface area contributed by atoms with Gasteiger partial charge in [0.05, 0.1) is 11.9 Å². The van der Waals surface area contributed by atoms with E-state index in [0.717, 1.165) is 19.4 Å². The molecule has 2 aromatic rings. The molecule has 1 aliphatic heterocycles. The average Bonchev–Trinajstić information content (AvgIpc) is 3.38. The monoisotopic (exact) mass is 394 g/mol. The average molecular weight is 394 g/mol. The molecule has 4 rings (SSSR count). The van der Waals surface area contributed by atoms with E-state index in [1.54, 1.807) is 11.4 Å². The predicted octanol–water partition coefficient (Wildman–Crippen LogP) is 2.32. The highest BCUT2D eigenvalue weighted by atomic mass is 19.4. The van der Waals surface area contributed by atoms with E-state index >= 15 is 0 Å². The van der Waals surface area contributed by atoms with Gasteiger partial charge in [-0.05, 0) is 37.4 Å². The number of alkyl halides is 3. The fourth-order valence-electron chi connectivity index (χ4n) is 3.75. The molecule has 0 radical (unpaired) electrons. The van der Waals surface area contributed by atoms with Crippen molar-refractivity contribution in [2.45, 2.75) is 31.1 Å². The molecule has 2 bridgehead atoms. The lowest BCUT2D eigenvalue weighted by molar-refractivity contribution is -0.167. The number of hydrogen-bond donors (Lipinski definition) is 3. The lowest BCUT2D eigenvalue weighted by atomic mass is 10.1. The van der Waals surface area contributed by atoms with Crippen LogP contribution in [0, 0.1) is 5.92 Å². The minimum absolute atomic E-state index is 0.0000370. The van der Waals surface area contributed by atoms with E-state index in [4.69, 9.17) is 4.42 Å². The zero-order chi connectivity index (χ0) is 19.9. The molecule has 2 fully saturated rings. The van der Waals surface area contributed by atoms with Gasteiger partial charge >= 0.3 is 18.0 Å². The van der Waals surface area contributed by atoms with Gasteiger partial charge in [0, 0.05) is 17.6 Å². The van der Waals surface area contributed by atoms with E-state index in [9.17, 15) is 22.8 Å². The summed E-state index contributed by atoms with van der Waals surface area (Å²) in [5, 5.41) is 8.02. The minimum Gasteiger partial charge on any atom is -0.432 e. The second kappa shape index (κ2) is 6.93. The van der Waals surface area contributed by atoms with Crippen LogP contribution in [-0.4, -0.2) is 41.6 Å². The van der Waals surface area contributed by atoms with Gasteiger partial charge in [-0.15, -0.1) is 0 Å². The van der Waals surface area contributed by atoms with Gasteiger partial charge in [0.1, 0.15) is 0 Å². The number of piperidine rings is 1. The molecule has 148 valence electrons. The molecule has 1 saturated heterocycles. The molecule has 2 heterocycles. The highest BCUT2D eigenvalue weighted by molar-refractivity contribution is 5.98. The number of carbonyl (C=O) groups is 2. The van der Waals surface area contributed by atoms with Crippen molar-refractivity contribution < 1.29 is 27.2 Å². The first kappa shape index (κ1) is 18.5. The first-order chi connectivity index (χ1) is 13.3. The molecule has 1 aliphatic carbocycles. The van der Waals surface area contributed by atoms with Crippen molar-refractivity contribution >= 4 is 17.5 Å². The molecule has 0 spiro atoms. The van der Waals surface area contributed by atoms with Gasteiger partial charge in [-0.2, -0.15) is 13.2 Å². The normalized spacial score (nSPS) is 23.6. The SMILES string of the molecule is O=C(NC1CC2CNC1C2)c1ncc(-c2ccccc2NC(=O)C(F)(F)F)o1. The molecule has 1 aromatic heterocycles. The summed E-state index contributed by atoms with van der Waals surface area (Å²) in [6, 6.07) is 6.06. The first-order valence-electron chi connectivity index (χ1n) is 8.79. The number of carbonyl (C=O) groups excluding carboxylic acids is 2. The van der Waals surface area contributed by atoms with E-state index in [2.05, 4.69) is 15.6 Å². The Hall–Kier alpha value is -2.88. The van der Waals surface area contributed by atoms with Crippen LogP contribution in [0.4, 0.5) is 18.9 Å². The highest BCUT2D eigenvalue weighted by Crippen LogP contribution is 2.32. The smallest absolute Gasteiger partial charge is 0.432 e. The maximum atomic E-state index is 12.5. The number of nitrogens with zero attached hydrogens (tertiary/aromatic N) is 1. The quantitative estimate of drug-likeness (QED) is 0.740. The summed E-state index contributed by atoms with van der Waals surface area (Å²) in [5.74, 6) is -2.13. The van der Waals surface area contributed by atoms with Crippen LogP contribution in [0.3, 0.4) is 0 Å². The van der Waals surface area contributed by atoms with Gasteiger partial charge in [0.25, 0.3) is 5.89 Å². The predicted molar refractivity (Wildman–Crippen MR) is 92.4 cm³/mol. The molecule has 2 aliphatic rings. The Morgan fingerprint density at radius 1 is 1.21 bits per heavy atom. The molecule has 10 heteroatoms. The Kier molecular flexibility index (Phi) is 4.58. The Morgan fingerprint density at radius 2 is 2.00 bits per heavy atom. The molecule has 3 N–H and O–H groups in total. The van der Waals surface area contributed by atoms with E-state index in [-0.39, 0.29) is 35.0 Å². The number of amides is 2. The first-order valence-corrected chi connectivity index (χ1v) is 8.79. The molecule has 3 unspecified atom stereocenters. The number of oxazole rings is 1. The fraction of sp³-hybridized carbons (Fsp3) is 0.389. The second-order valence-corrected chi connectivity index (χ2v) is 6.96. The minimum atomic E-state index is -5.02. The second-order valence-electron chi connectivity index (χ2n) is 6.96. The van der Waals surface area contributed by atoms with Crippen LogP contribution >= 0.6 is 0 Å². The fourth-order valence-corrected chi connectivity index (χ4v) is 3.75. The van der Waals surface area contributed by atoms with Crippen LogP contribution in [0.25, 0.3) is 11.3 Å². The summed E-state index contributed by atoms with van der Waals surface area (Å²) in [6.07, 6.45) is -1.86. The third-order valence-electron chi connectivity index (χ3n) is 5.04. The van der Waals surface area contributed by atoms with Crippen LogP contribution in [0.5, 0.6) is 0 Å².